The number of aromatic nitrogens is 4. The van der Waals surface area contributed by atoms with Crippen LogP contribution in [0.4, 0.5) is 5.13 Å². The van der Waals surface area contributed by atoms with Gasteiger partial charge in [0, 0.05) is 31.0 Å². The van der Waals surface area contributed by atoms with Gasteiger partial charge in [-0.05, 0) is 42.7 Å². The molecule has 3 aromatic heterocycles. The molecular formula is C18H21N5S. The average molecular weight is 339 g/mol. The highest BCUT2D eigenvalue weighted by molar-refractivity contribution is 7.20. The zero-order valence-corrected chi connectivity index (χ0v) is 14.7. The molecule has 2 fully saturated rings. The molecule has 1 saturated heterocycles. The van der Waals surface area contributed by atoms with Crippen molar-refractivity contribution in [2.24, 2.45) is 11.3 Å². The van der Waals surface area contributed by atoms with Crippen LogP contribution < -0.4 is 4.90 Å². The first-order valence-electron chi connectivity index (χ1n) is 8.72. The van der Waals surface area contributed by atoms with Crippen molar-refractivity contribution >= 4 is 21.4 Å². The van der Waals surface area contributed by atoms with Gasteiger partial charge >= 0.3 is 0 Å². The number of hydrogen-bond acceptors (Lipinski definition) is 5. The molecule has 4 heterocycles. The van der Waals surface area contributed by atoms with E-state index in [1.165, 1.54) is 32.2 Å². The molecule has 0 N–H and O–H groups in total. The van der Waals surface area contributed by atoms with Crippen molar-refractivity contribution in [1.82, 2.24) is 19.6 Å². The molecule has 2 atom stereocenters. The number of nitrogens with zero attached hydrogens (tertiary/aromatic N) is 5. The summed E-state index contributed by atoms with van der Waals surface area (Å²) in [7, 11) is 0. The fourth-order valence-electron chi connectivity index (χ4n) is 4.44. The SMILES string of the molecule is CC1CCC2(CCN(c3nn4cc(-c5cccnc5)nc4s3)C2)C1. The van der Waals surface area contributed by atoms with Gasteiger partial charge in [-0.3, -0.25) is 4.98 Å². The lowest BCUT2D eigenvalue weighted by Crippen LogP contribution is -2.25. The Kier molecular flexibility index (Phi) is 3.16. The molecule has 24 heavy (non-hydrogen) atoms. The average Bonchev–Trinajstić information content (AvgIpc) is 3.32. The van der Waals surface area contributed by atoms with Crippen LogP contribution in [-0.4, -0.2) is 32.7 Å². The van der Waals surface area contributed by atoms with Crippen LogP contribution >= 0.6 is 11.3 Å². The third-order valence-corrected chi connectivity index (χ3v) is 6.63. The second-order valence-corrected chi connectivity index (χ2v) is 8.43. The minimum absolute atomic E-state index is 0.550. The largest absolute Gasteiger partial charge is 0.346 e. The molecule has 0 amide bonds. The molecule has 5 nitrogen and oxygen atoms in total. The first-order chi connectivity index (χ1) is 11.7. The summed E-state index contributed by atoms with van der Waals surface area (Å²) in [5.41, 5.74) is 2.53. The van der Waals surface area contributed by atoms with Crippen molar-refractivity contribution < 1.29 is 0 Å². The van der Waals surface area contributed by atoms with Gasteiger partial charge in [0.15, 0.2) is 0 Å². The minimum atomic E-state index is 0.550. The normalized spacial score (nSPS) is 26.9. The smallest absolute Gasteiger partial charge is 0.214 e. The zero-order chi connectivity index (χ0) is 16.1. The quantitative estimate of drug-likeness (QED) is 0.711. The predicted octanol–water partition coefficient (Wildman–Crippen LogP) is 3.87. The van der Waals surface area contributed by atoms with Crippen LogP contribution in [0.5, 0.6) is 0 Å². The van der Waals surface area contributed by atoms with E-state index in [1.807, 2.05) is 29.0 Å². The maximum absolute atomic E-state index is 4.79. The molecule has 124 valence electrons. The monoisotopic (exact) mass is 339 g/mol. The summed E-state index contributed by atoms with van der Waals surface area (Å²) < 4.78 is 1.92. The lowest BCUT2D eigenvalue weighted by molar-refractivity contribution is 0.328. The van der Waals surface area contributed by atoms with Gasteiger partial charge in [0.1, 0.15) is 0 Å². The number of anilines is 1. The second kappa shape index (κ2) is 5.28. The number of imidazole rings is 1. The van der Waals surface area contributed by atoms with E-state index in [9.17, 15) is 0 Å². The van der Waals surface area contributed by atoms with Gasteiger partial charge in [-0.15, -0.1) is 5.10 Å². The Labute approximate surface area is 145 Å². The van der Waals surface area contributed by atoms with Gasteiger partial charge in [0.25, 0.3) is 0 Å². The first kappa shape index (κ1) is 14.4. The fourth-order valence-corrected chi connectivity index (χ4v) is 5.34. The Morgan fingerprint density at radius 3 is 3.04 bits per heavy atom. The van der Waals surface area contributed by atoms with E-state index in [-0.39, 0.29) is 0 Å². The molecule has 6 heteroatoms. The summed E-state index contributed by atoms with van der Waals surface area (Å²) in [4.78, 5) is 12.3. The summed E-state index contributed by atoms with van der Waals surface area (Å²) in [5.74, 6) is 0.889. The van der Waals surface area contributed by atoms with Crippen molar-refractivity contribution in [2.75, 3.05) is 18.0 Å². The molecule has 2 aliphatic rings. The Morgan fingerprint density at radius 2 is 2.29 bits per heavy atom. The van der Waals surface area contributed by atoms with Crippen LogP contribution in [-0.2, 0) is 0 Å². The minimum Gasteiger partial charge on any atom is -0.346 e. The van der Waals surface area contributed by atoms with Crippen LogP contribution in [0.2, 0.25) is 0 Å². The Bertz CT molecular complexity index is 839. The summed E-state index contributed by atoms with van der Waals surface area (Å²) in [6.07, 6.45) is 11.1. The van der Waals surface area contributed by atoms with Crippen LogP contribution in [0.1, 0.15) is 32.6 Å². The molecule has 5 rings (SSSR count). The van der Waals surface area contributed by atoms with Crippen LogP contribution in [0.3, 0.4) is 0 Å². The van der Waals surface area contributed by atoms with Crippen molar-refractivity contribution in [3.05, 3.63) is 30.7 Å². The third kappa shape index (κ3) is 2.32. The third-order valence-electron chi connectivity index (χ3n) is 5.65. The predicted molar refractivity (Wildman–Crippen MR) is 96.4 cm³/mol. The van der Waals surface area contributed by atoms with E-state index in [4.69, 9.17) is 10.1 Å². The standard InChI is InChI=1S/C18H21N5S/c1-13-4-5-18(9-13)6-8-22(12-18)17-21-23-11-15(20-16(23)24-17)14-3-2-7-19-10-14/h2-3,7,10-11,13H,4-6,8-9,12H2,1H3. The molecule has 2 unspecified atom stereocenters. The lowest BCUT2D eigenvalue weighted by Gasteiger charge is -2.23. The van der Waals surface area contributed by atoms with E-state index in [0.717, 1.165) is 33.8 Å². The van der Waals surface area contributed by atoms with Gasteiger partial charge < -0.3 is 4.90 Å². The molecule has 0 bridgehead atoms. The highest BCUT2D eigenvalue weighted by atomic mass is 32.1. The van der Waals surface area contributed by atoms with Gasteiger partial charge in [-0.2, -0.15) is 0 Å². The van der Waals surface area contributed by atoms with E-state index >= 15 is 0 Å². The van der Waals surface area contributed by atoms with Crippen molar-refractivity contribution in [2.45, 2.75) is 32.6 Å². The first-order valence-corrected chi connectivity index (χ1v) is 9.54. The van der Waals surface area contributed by atoms with Gasteiger partial charge in [0.05, 0.1) is 11.9 Å². The molecule has 0 radical (unpaired) electrons. The fraction of sp³-hybridized carbons (Fsp3) is 0.500. The van der Waals surface area contributed by atoms with Crippen LogP contribution in [0.25, 0.3) is 16.2 Å². The number of pyridine rings is 1. The van der Waals surface area contributed by atoms with Gasteiger partial charge in [0.2, 0.25) is 10.1 Å². The molecule has 1 aliphatic carbocycles. The Morgan fingerprint density at radius 1 is 1.33 bits per heavy atom. The molecule has 1 saturated carbocycles. The maximum Gasteiger partial charge on any atom is 0.214 e. The van der Waals surface area contributed by atoms with Crippen LogP contribution in [0.15, 0.2) is 30.7 Å². The number of hydrogen-bond donors (Lipinski definition) is 0. The van der Waals surface area contributed by atoms with Crippen LogP contribution in [0, 0.1) is 11.3 Å². The molecule has 1 aliphatic heterocycles. The van der Waals surface area contributed by atoms with Gasteiger partial charge in [-0.1, -0.05) is 24.7 Å². The number of fused-ring (bicyclic) bond motifs is 1. The summed E-state index contributed by atoms with van der Waals surface area (Å²) in [5, 5.41) is 5.91. The van der Waals surface area contributed by atoms with Gasteiger partial charge in [-0.25, -0.2) is 9.50 Å². The molecule has 1 spiro atoms. The molecule has 0 aromatic carbocycles. The Hall–Kier alpha value is -1.95. The summed E-state index contributed by atoms with van der Waals surface area (Å²) in [6, 6.07) is 3.97. The van der Waals surface area contributed by atoms with Crippen molar-refractivity contribution in [1.29, 1.82) is 0 Å². The van der Waals surface area contributed by atoms with E-state index < -0.39 is 0 Å². The Balaban J connectivity index is 1.40. The summed E-state index contributed by atoms with van der Waals surface area (Å²) in [6.45, 7) is 4.71. The maximum atomic E-state index is 4.79. The second-order valence-electron chi connectivity index (χ2n) is 7.50. The topological polar surface area (TPSA) is 46.3 Å². The molecular weight excluding hydrogens is 318 g/mol. The van der Waals surface area contributed by atoms with Crippen molar-refractivity contribution in [3.8, 4) is 11.3 Å². The lowest BCUT2D eigenvalue weighted by atomic mass is 9.85. The van der Waals surface area contributed by atoms with Crippen molar-refractivity contribution in [3.63, 3.8) is 0 Å². The summed E-state index contributed by atoms with van der Waals surface area (Å²) >= 11 is 1.70. The molecule has 3 aromatic rings. The highest BCUT2D eigenvalue weighted by Crippen LogP contribution is 2.49. The van der Waals surface area contributed by atoms with E-state index in [1.54, 1.807) is 17.5 Å². The number of rotatable bonds is 2. The zero-order valence-electron chi connectivity index (χ0n) is 13.9. The van der Waals surface area contributed by atoms with E-state index in [2.05, 4.69) is 16.8 Å². The van der Waals surface area contributed by atoms with E-state index in [0.29, 0.717) is 5.41 Å². The highest BCUT2D eigenvalue weighted by Gasteiger charge is 2.43.